The number of aliphatic hydroxyl groups is 1. The molecule has 7 saturated heterocycles. The lowest BCUT2D eigenvalue weighted by Crippen LogP contribution is -2.42. The lowest BCUT2D eigenvalue weighted by atomic mass is 9.80. The maximum absolute atomic E-state index is 11.3. The molecule has 7 fully saturated rings. The van der Waals surface area contributed by atoms with E-state index < -0.39 is 132 Å². The summed E-state index contributed by atoms with van der Waals surface area (Å²) in [6.07, 6.45) is -9.34. The summed E-state index contributed by atoms with van der Waals surface area (Å²) in [4.78, 5) is 73.0. The summed E-state index contributed by atoms with van der Waals surface area (Å²) in [7, 11) is 4.77. The number of carbonyl (C=O) groups is 7. The van der Waals surface area contributed by atoms with Crippen LogP contribution in [0.3, 0.4) is 0 Å². The molecule has 0 radical (unpaired) electrons. The van der Waals surface area contributed by atoms with Crippen LogP contribution >= 0.6 is 0 Å². The quantitative estimate of drug-likeness (QED) is 0.0139. The standard InChI is InChI=1S/C30H34O6.C27H28O5.C14H22O9.C13H22O7.C4H6O3.C2H4O2/c1-29(2)35-27-26(32-20-19-31-3)25(34-28(27)36-29)21-33-30(22-13-7-4-8-14-22,23-15-9-5-10-16-23)24-17-11-6-12-18-24;1-26(2)31-24-23(28)22(30-25(24)32-26)18-29-27(19-12-6-3-7-13-19,20-14-8-4-9-15-20)21-16-10-5-11-17-21;1-8(15)20-7-11-12(19-6-5-18-4)13(21-9(2)16)14(23-11)22-10(3)17;1-8(14)17-7-9-10(16-6-5-15-4)11-12(18-9)20-13(2,3)19-11;1-3(5)7-4(2)6;1-2(3)4/h4-18,25-28H,19-21H2,1-3H3;3-17,22-25,28H,18H2,1-2H3;11-14H,5-7H2,1-4H3;9-12H,5-7H2,1-4H3;1-2H3;1H3,(H,3,4)/t25-,26+,27-,28?;22-,23+,24-,25?;11-,12+,13-,14?;9-,10+,11-,12?;;/m1111../s1. The number of ether oxygens (including phenoxy) is 23. The largest absolute Gasteiger partial charge is 0.481 e. The molecule has 32 nitrogen and oxygen atoms in total. The van der Waals surface area contributed by atoms with E-state index in [0.29, 0.717) is 33.0 Å². The number of aliphatic carboxylic acids is 1. The Balaban J connectivity index is 0.000000198. The van der Waals surface area contributed by atoms with E-state index in [0.717, 1.165) is 40.3 Å². The Morgan fingerprint density at radius 1 is 0.336 bits per heavy atom. The van der Waals surface area contributed by atoms with Crippen molar-refractivity contribution in [2.24, 2.45) is 0 Å². The highest BCUT2D eigenvalue weighted by Gasteiger charge is 2.59. The van der Waals surface area contributed by atoms with Crippen molar-refractivity contribution in [2.45, 2.75) is 217 Å². The highest BCUT2D eigenvalue weighted by Crippen LogP contribution is 2.47. The summed E-state index contributed by atoms with van der Waals surface area (Å²) in [6, 6.07) is 61.3. The summed E-state index contributed by atoms with van der Waals surface area (Å²) in [5.41, 5.74) is 4.38. The Morgan fingerprint density at radius 3 is 0.902 bits per heavy atom. The van der Waals surface area contributed by atoms with Crippen molar-refractivity contribution in [1.29, 1.82) is 0 Å². The summed E-state index contributed by atoms with van der Waals surface area (Å²) in [5, 5.41) is 18.3. The van der Waals surface area contributed by atoms with Crippen molar-refractivity contribution in [2.75, 3.05) is 87.4 Å². The molecular weight excluding hydrogens is 1590 g/mol. The summed E-state index contributed by atoms with van der Waals surface area (Å²) in [6.45, 7) is 22.3. The smallest absolute Gasteiger partial charge is 0.310 e. The second-order valence-corrected chi connectivity index (χ2v) is 30.0. The van der Waals surface area contributed by atoms with Gasteiger partial charge in [-0.2, -0.15) is 0 Å². The van der Waals surface area contributed by atoms with Crippen molar-refractivity contribution in [1.82, 2.24) is 0 Å². The van der Waals surface area contributed by atoms with Gasteiger partial charge in [0.2, 0.25) is 6.29 Å². The zero-order valence-electron chi connectivity index (χ0n) is 71.8. The van der Waals surface area contributed by atoms with Gasteiger partial charge in [-0.25, -0.2) is 0 Å². The van der Waals surface area contributed by atoms with Crippen molar-refractivity contribution >= 4 is 41.8 Å². The molecular formula is C90H116O32. The number of carboxylic acids is 1. The minimum Gasteiger partial charge on any atom is -0.481 e. The van der Waals surface area contributed by atoms with E-state index in [4.69, 9.17) is 114 Å². The lowest BCUT2D eigenvalue weighted by Gasteiger charge is -2.37. The fraction of sp³-hybridized carbons (Fsp3) is 0.522. The molecule has 0 amide bonds. The van der Waals surface area contributed by atoms with Crippen molar-refractivity contribution in [3.8, 4) is 0 Å². The Kier molecular flexibility index (Phi) is 38.1. The summed E-state index contributed by atoms with van der Waals surface area (Å²) in [5.74, 6) is -6.20. The molecule has 2 N–H and O–H groups in total. The molecule has 32 heteroatoms. The number of esters is 6. The predicted molar refractivity (Wildman–Crippen MR) is 432 cm³/mol. The average molecular weight is 1710 g/mol. The van der Waals surface area contributed by atoms with Gasteiger partial charge in [-0.15, -0.1) is 0 Å². The van der Waals surface area contributed by atoms with Gasteiger partial charge in [0.15, 0.2) is 42.3 Å². The second kappa shape index (κ2) is 47.2. The third-order valence-electron chi connectivity index (χ3n) is 19.1. The second-order valence-electron chi connectivity index (χ2n) is 30.0. The van der Waals surface area contributed by atoms with Gasteiger partial charge in [-0.3, -0.25) is 33.6 Å². The Hall–Kier alpha value is -8.95. The molecule has 16 atom stereocenters. The number of carbonyl (C=O) groups excluding carboxylic acids is 6. The van der Waals surface area contributed by atoms with Gasteiger partial charge in [0.25, 0.3) is 5.97 Å². The number of carboxylic acid groups (broad SMARTS) is 1. The number of methoxy groups -OCH3 is 3. The maximum atomic E-state index is 11.3. The van der Waals surface area contributed by atoms with Crippen LogP contribution in [0.2, 0.25) is 0 Å². The normalized spacial score (nSPS) is 25.8. The lowest BCUT2D eigenvalue weighted by molar-refractivity contribution is -0.227. The first-order chi connectivity index (χ1) is 58.2. The fourth-order valence-corrected chi connectivity index (χ4v) is 14.4. The van der Waals surface area contributed by atoms with Crippen molar-refractivity contribution in [3.63, 3.8) is 0 Å². The van der Waals surface area contributed by atoms with Crippen LogP contribution in [0.4, 0.5) is 0 Å². The summed E-state index contributed by atoms with van der Waals surface area (Å²) < 4.78 is 129. The van der Waals surface area contributed by atoms with Crippen LogP contribution in [0.15, 0.2) is 182 Å². The van der Waals surface area contributed by atoms with Crippen molar-refractivity contribution in [3.05, 3.63) is 215 Å². The van der Waals surface area contributed by atoms with E-state index >= 15 is 0 Å². The topological polar surface area (TPSA) is 372 Å². The Labute approximate surface area is 711 Å². The van der Waals surface area contributed by atoms with Crippen LogP contribution in [0.25, 0.3) is 0 Å². The van der Waals surface area contributed by atoms with Gasteiger partial charge < -0.3 is 119 Å². The van der Waals surface area contributed by atoms with Gasteiger partial charge in [0, 0.05) is 69.8 Å². The molecule has 0 spiro atoms. The van der Waals surface area contributed by atoms with Crippen LogP contribution in [0.5, 0.6) is 0 Å². The molecule has 0 bridgehead atoms. The molecule has 0 aromatic heterocycles. The monoisotopic (exact) mass is 1710 g/mol. The third kappa shape index (κ3) is 28.3. The minimum absolute atomic E-state index is 0.118. The van der Waals surface area contributed by atoms with E-state index in [-0.39, 0.29) is 69.5 Å². The molecule has 6 aromatic rings. The number of benzene rings is 6. The van der Waals surface area contributed by atoms with Gasteiger partial charge in [-0.05, 0) is 74.9 Å². The highest BCUT2D eigenvalue weighted by atomic mass is 16.9. The zero-order valence-corrected chi connectivity index (χ0v) is 71.8. The van der Waals surface area contributed by atoms with Gasteiger partial charge in [-0.1, -0.05) is 182 Å². The Morgan fingerprint density at radius 2 is 0.615 bits per heavy atom. The first-order valence-corrected chi connectivity index (χ1v) is 40.0. The molecule has 4 unspecified atom stereocenters. The molecule has 7 heterocycles. The number of rotatable bonds is 30. The van der Waals surface area contributed by atoms with E-state index in [1.165, 1.54) is 48.7 Å². The number of aliphatic hydroxyl groups excluding tert-OH is 1. The summed E-state index contributed by atoms with van der Waals surface area (Å²) >= 11 is 0. The van der Waals surface area contributed by atoms with Crippen LogP contribution < -0.4 is 0 Å². The molecule has 13 rings (SSSR count). The van der Waals surface area contributed by atoms with Crippen LogP contribution in [0, 0.1) is 0 Å². The zero-order chi connectivity index (χ0) is 88.8. The third-order valence-corrected chi connectivity index (χ3v) is 19.1. The average Bonchev–Trinajstić information content (AvgIpc) is 1.17. The van der Waals surface area contributed by atoms with Crippen molar-refractivity contribution < 1.29 is 153 Å². The van der Waals surface area contributed by atoms with E-state index in [1.54, 1.807) is 14.2 Å². The maximum Gasteiger partial charge on any atom is 0.310 e. The molecule has 668 valence electrons. The Bertz CT molecular complexity index is 3950. The van der Waals surface area contributed by atoms with Crippen LogP contribution in [0.1, 0.15) is 123 Å². The van der Waals surface area contributed by atoms with Gasteiger partial charge in [0.05, 0.1) is 52.9 Å². The van der Waals surface area contributed by atoms with Crippen LogP contribution in [-0.4, -0.2) is 255 Å². The predicted octanol–water partition coefficient (Wildman–Crippen LogP) is 9.58. The SMILES string of the molecule is CC(=O)O.CC(=O)OC(C)=O.CC1(C)OC2O[C@H](COC(c3ccccc3)(c3ccccc3)c3ccccc3)[C@H](O)[C@H]2O1.COCCO[C@H]1[C@@H](COC(C)=O)OC(OC(C)=O)[C@@H]1OC(C)=O.COCCO[C@H]1[C@@H](COC(C)=O)OC2OC(C)(C)O[C@@H]21.COCCO[C@H]1[C@@H](COC(c2ccccc2)(c2ccccc2)c2ccccc2)OC2OC(C)(C)O[C@@H]21. The van der Waals surface area contributed by atoms with Gasteiger partial charge >= 0.3 is 35.8 Å². The number of hydrogen-bond acceptors (Lipinski definition) is 31. The molecule has 7 aliphatic heterocycles. The molecule has 0 saturated carbocycles. The molecule has 7 aliphatic rings. The van der Waals surface area contributed by atoms with Crippen LogP contribution in [-0.2, 0) is 154 Å². The van der Waals surface area contributed by atoms with E-state index in [1.807, 2.05) is 151 Å². The first kappa shape index (κ1) is 98.5. The van der Waals surface area contributed by atoms with Gasteiger partial charge in [0.1, 0.15) is 91.6 Å². The number of hydrogen-bond donors (Lipinski definition) is 2. The van der Waals surface area contributed by atoms with E-state index in [9.17, 15) is 33.9 Å². The first-order valence-electron chi connectivity index (χ1n) is 40.0. The number of fused-ring (bicyclic) bond motifs is 3. The highest BCUT2D eigenvalue weighted by molar-refractivity contribution is 5.82. The van der Waals surface area contributed by atoms with E-state index in [2.05, 4.69) is 77.5 Å². The molecule has 0 aliphatic carbocycles. The molecule has 122 heavy (non-hydrogen) atoms. The molecule has 6 aromatic carbocycles. The minimum atomic E-state index is -1.13. The fourth-order valence-electron chi connectivity index (χ4n) is 14.4.